The number of thiophene rings is 1. The minimum Gasteiger partial charge on any atom is -0.365 e. The van der Waals surface area contributed by atoms with Crippen LogP contribution in [0.25, 0.3) is 10.2 Å². The van der Waals surface area contributed by atoms with Crippen LogP contribution in [0.15, 0.2) is 70.3 Å². The van der Waals surface area contributed by atoms with Crippen molar-refractivity contribution in [3.8, 4) is 0 Å². The van der Waals surface area contributed by atoms with Crippen molar-refractivity contribution in [2.45, 2.75) is 20.0 Å². The highest BCUT2D eigenvalue weighted by atomic mass is 32.1. The summed E-state index contributed by atoms with van der Waals surface area (Å²) >= 11 is 0.954. The number of H-pyrrole nitrogens is 1. The molecule has 9 heteroatoms. The second-order valence-electron chi connectivity index (χ2n) is 7.25. The highest BCUT2D eigenvalue weighted by molar-refractivity contribution is 7.20. The quantitative estimate of drug-likeness (QED) is 0.471. The van der Waals surface area contributed by atoms with Gasteiger partial charge in [0.25, 0.3) is 11.5 Å². The number of amides is 2. The maximum Gasteiger partial charge on any atom is 0.329 e. The molecule has 32 heavy (non-hydrogen) atoms. The van der Waals surface area contributed by atoms with Gasteiger partial charge >= 0.3 is 5.69 Å². The molecule has 4 rings (SSSR count). The fraction of sp³-hybridized carbons (Fsp3) is 0.130. The number of aromatic amines is 1. The van der Waals surface area contributed by atoms with Gasteiger partial charge in [0.1, 0.15) is 11.4 Å². The fourth-order valence-electron chi connectivity index (χ4n) is 3.55. The molecule has 0 aliphatic rings. The van der Waals surface area contributed by atoms with Crippen molar-refractivity contribution >= 4 is 39.1 Å². The van der Waals surface area contributed by atoms with Crippen molar-refractivity contribution in [2.75, 3.05) is 4.90 Å². The summed E-state index contributed by atoms with van der Waals surface area (Å²) in [6.45, 7) is 1.42. The van der Waals surface area contributed by atoms with Gasteiger partial charge in [-0.05, 0) is 30.2 Å². The maximum absolute atomic E-state index is 13.3. The first-order valence-corrected chi connectivity index (χ1v) is 10.6. The molecule has 0 aliphatic carbocycles. The SMILES string of the molecule is Cc1c(C(N)=O)sc2[nH]c(=O)n(CC(=O)N(Cc3ccccc3)c3ccccc3)c(=O)c12. The Labute approximate surface area is 186 Å². The number of para-hydroxylation sites is 1. The summed E-state index contributed by atoms with van der Waals surface area (Å²) in [5.41, 5.74) is 5.96. The van der Waals surface area contributed by atoms with E-state index in [1.165, 1.54) is 4.90 Å². The van der Waals surface area contributed by atoms with Gasteiger partial charge < -0.3 is 10.6 Å². The van der Waals surface area contributed by atoms with Crippen LogP contribution >= 0.6 is 11.3 Å². The molecule has 2 aromatic carbocycles. The second-order valence-corrected chi connectivity index (χ2v) is 8.27. The van der Waals surface area contributed by atoms with Crippen LogP contribution in [0.4, 0.5) is 5.69 Å². The van der Waals surface area contributed by atoms with Crippen molar-refractivity contribution in [1.29, 1.82) is 0 Å². The van der Waals surface area contributed by atoms with Crippen LogP contribution in [0.5, 0.6) is 0 Å². The summed E-state index contributed by atoms with van der Waals surface area (Å²) in [6, 6.07) is 18.5. The predicted molar refractivity (Wildman–Crippen MR) is 124 cm³/mol. The monoisotopic (exact) mass is 448 g/mol. The van der Waals surface area contributed by atoms with Gasteiger partial charge in [0.2, 0.25) is 5.91 Å². The average Bonchev–Trinajstić information content (AvgIpc) is 3.12. The lowest BCUT2D eigenvalue weighted by molar-refractivity contribution is -0.119. The molecule has 3 N–H and O–H groups in total. The van der Waals surface area contributed by atoms with Crippen LogP contribution in [0, 0.1) is 6.92 Å². The van der Waals surface area contributed by atoms with E-state index in [2.05, 4.69) is 4.98 Å². The van der Waals surface area contributed by atoms with E-state index >= 15 is 0 Å². The predicted octanol–water partition coefficient (Wildman–Crippen LogP) is 2.39. The van der Waals surface area contributed by atoms with Crippen molar-refractivity contribution in [3.05, 3.63) is 97.5 Å². The first-order valence-electron chi connectivity index (χ1n) is 9.82. The van der Waals surface area contributed by atoms with E-state index in [-0.39, 0.29) is 21.6 Å². The highest BCUT2D eigenvalue weighted by Gasteiger charge is 2.22. The van der Waals surface area contributed by atoms with Crippen LogP contribution in [-0.4, -0.2) is 21.4 Å². The number of anilines is 1. The van der Waals surface area contributed by atoms with E-state index < -0.39 is 29.6 Å². The number of carbonyl (C=O) groups excluding carboxylic acids is 2. The lowest BCUT2D eigenvalue weighted by Gasteiger charge is -2.23. The number of nitrogens with two attached hydrogens (primary N) is 1. The molecule has 2 amide bonds. The summed E-state index contributed by atoms with van der Waals surface area (Å²) in [5.74, 6) is -1.10. The van der Waals surface area contributed by atoms with Gasteiger partial charge in [-0.1, -0.05) is 48.5 Å². The third-order valence-electron chi connectivity index (χ3n) is 5.14. The third-order valence-corrected chi connectivity index (χ3v) is 6.36. The molecule has 0 radical (unpaired) electrons. The third kappa shape index (κ3) is 3.97. The molecule has 2 heterocycles. The number of hydrogen-bond acceptors (Lipinski definition) is 5. The molecule has 0 saturated carbocycles. The Kier molecular flexibility index (Phi) is 5.74. The zero-order valence-electron chi connectivity index (χ0n) is 17.2. The van der Waals surface area contributed by atoms with E-state index in [0.29, 0.717) is 11.3 Å². The molecule has 2 aromatic heterocycles. The molecule has 4 aromatic rings. The summed E-state index contributed by atoms with van der Waals surface area (Å²) in [5, 5.41) is 0.186. The van der Waals surface area contributed by atoms with Gasteiger partial charge in [0, 0.05) is 5.69 Å². The molecule has 0 atom stereocenters. The maximum atomic E-state index is 13.3. The molecule has 0 bridgehead atoms. The van der Waals surface area contributed by atoms with E-state index in [1.54, 1.807) is 19.1 Å². The molecule has 0 fully saturated rings. The fourth-order valence-corrected chi connectivity index (χ4v) is 4.59. The van der Waals surface area contributed by atoms with Gasteiger partial charge in [-0.25, -0.2) is 4.79 Å². The molecule has 0 saturated heterocycles. The Morgan fingerprint density at radius 1 is 1.03 bits per heavy atom. The summed E-state index contributed by atoms with van der Waals surface area (Å²) in [6.07, 6.45) is 0. The summed E-state index contributed by atoms with van der Waals surface area (Å²) in [7, 11) is 0. The van der Waals surface area contributed by atoms with Gasteiger partial charge in [0.05, 0.1) is 16.8 Å². The number of nitrogens with one attached hydrogen (secondary N) is 1. The Hall–Kier alpha value is -3.98. The van der Waals surface area contributed by atoms with Crippen molar-refractivity contribution in [1.82, 2.24) is 9.55 Å². The molecule has 0 spiro atoms. The van der Waals surface area contributed by atoms with E-state index in [4.69, 9.17) is 5.73 Å². The molecule has 0 unspecified atom stereocenters. The molecular formula is C23H20N4O4S. The lowest BCUT2D eigenvalue weighted by atomic mass is 10.2. The van der Waals surface area contributed by atoms with Crippen molar-refractivity contribution in [2.24, 2.45) is 5.73 Å². The number of hydrogen-bond donors (Lipinski definition) is 2. The van der Waals surface area contributed by atoms with Crippen LogP contribution in [0.1, 0.15) is 20.8 Å². The Morgan fingerprint density at radius 2 is 1.66 bits per heavy atom. The minimum absolute atomic E-state index is 0.186. The van der Waals surface area contributed by atoms with Crippen molar-refractivity contribution in [3.63, 3.8) is 0 Å². The molecule has 0 aliphatic heterocycles. The largest absolute Gasteiger partial charge is 0.365 e. The Bertz CT molecular complexity index is 1420. The number of carbonyl (C=O) groups is 2. The van der Waals surface area contributed by atoms with Crippen LogP contribution < -0.4 is 21.9 Å². The second kappa shape index (κ2) is 8.64. The highest BCUT2D eigenvalue weighted by Crippen LogP contribution is 2.25. The average molecular weight is 449 g/mol. The first-order chi connectivity index (χ1) is 15.4. The zero-order valence-corrected chi connectivity index (χ0v) is 18.0. The van der Waals surface area contributed by atoms with Crippen LogP contribution in [-0.2, 0) is 17.9 Å². The standard InChI is InChI=1S/C23H20N4O4S/c1-14-18-21(32-19(14)20(24)29)25-23(31)27(22(18)30)13-17(28)26(16-10-6-3-7-11-16)12-15-8-4-2-5-9-15/h2-11H,12-13H2,1H3,(H2,24,29)(H,25,31). The summed E-state index contributed by atoms with van der Waals surface area (Å²) < 4.78 is 0.857. The van der Waals surface area contributed by atoms with E-state index in [9.17, 15) is 19.2 Å². The number of benzene rings is 2. The minimum atomic E-state index is -0.721. The van der Waals surface area contributed by atoms with Gasteiger partial charge in [-0.15, -0.1) is 11.3 Å². The Balaban J connectivity index is 1.75. The van der Waals surface area contributed by atoms with Gasteiger partial charge in [0.15, 0.2) is 0 Å². The van der Waals surface area contributed by atoms with E-state index in [0.717, 1.165) is 21.5 Å². The number of rotatable bonds is 6. The van der Waals surface area contributed by atoms with Gasteiger partial charge in [-0.2, -0.15) is 0 Å². The van der Waals surface area contributed by atoms with Crippen LogP contribution in [0.3, 0.4) is 0 Å². The lowest BCUT2D eigenvalue weighted by Crippen LogP contribution is -2.42. The summed E-state index contributed by atoms with van der Waals surface area (Å²) in [4.78, 5) is 55.2. The molecular weight excluding hydrogens is 428 g/mol. The topological polar surface area (TPSA) is 118 Å². The number of primary amides is 1. The smallest absolute Gasteiger partial charge is 0.329 e. The number of aryl methyl sites for hydroxylation is 1. The molecule has 8 nitrogen and oxygen atoms in total. The van der Waals surface area contributed by atoms with Crippen molar-refractivity contribution < 1.29 is 9.59 Å². The number of nitrogens with zero attached hydrogens (tertiary/aromatic N) is 2. The van der Waals surface area contributed by atoms with Gasteiger partial charge in [-0.3, -0.25) is 23.9 Å². The Morgan fingerprint density at radius 3 is 2.28 bits per heavy atom. The zero-order chi connectivity index (χ0) is 22.8. The first kappa shape index (κ1) is 21.3. The number of aromatic nitrogens is 2. The molecule has 162 valence electrons. The van der Waals surface area contributed by atoms with E-state index in [1.807, 2.05) is 48.5 Å². The normalized spacial score (nSPS) is 10.9. The van der Waals surface area contributed by atoms with Crippen LogP contribution in [0.2, 0.25) is 0 Å². The number of fused-ring (bicyclic) bond motifs is 1.